The van der Waals surface area contributed by atoms with Gasteiger partial charge in [-0.05, 0) is 37.1 Å². The van der Waals surface area contributed by atoms with Crippen LogP contribution in [0.1, 0.15) is 25.0 Å². The van der Waals surface area contributed by atoms with E-state index >= 15 is 0 Å². The maximum absolute atomic E-state index is 13.3. The Labute approximate surface area is 127 Å². The van der Waals surface area contributed by atoms with Gasteiger partial charge in [-0.1, -0.05) is 6.07 Å². The molecular weight excluding hydrogens is 271 g/mol. The molecule has 0 aliphatic rings. The molecule has 2 N–H and O–H groups in total. The van der Waals surface area contributed by atoms with Crippen molar-refractivity contribution in [3.8, 4) is 0 Å². The van der Waals surface area contributed by atoms with E-state index in [1.54, 1.807) is 0 Å². The van der Waals surface area contributed by atoms with E-state index in [9.17, 15) is 4.39 Å². The first-order chi connectivity index (χ1) is 10.2. The highest BCUT2D eigenvalue weighted by Crippen LogP contribution is 2.13. The van der Waals surface area contributed by atoms with Crippen LogP contribution < -0.4 is 5.73 Å². The summed E-state index contributed by atoms with van der Waals surface area (Å²) in [7, 11) is 0. The number of rotatable bonds is 11. The molecule has 120 valence electrons. The Morgan fingerprint density at radius 2 is 1.67 bits per heavy atom. The average Bonchev–Trinajstić information content (AvgIpc) is 2.49. The van der Waals surface area contributed by atoms with E-state index in [1.165, 1.54) is 12.1 Å². The fourth-order valence-corrected chi connectivity index (χ4v) is 2.13. The molecule has 0 saturated carbocycles. The number of benzene rings is 1. The van der Waals surface area contributed by atoms with Gasteiger partial charge < -0.3 is 15.2 Å². The van der Waals surface area contributed by atoms with Gasteiger partial charge in [0.15, 0.2) is 0 Å². The molecule has 0 bridgehead atoms. The van der Waals surface area contributed by atoms with Crippen LogP contribution in [0.4, 0.5) is 4.39 Å². The van der Waals surface area contributed by atoms with E-state index < -0.39 is 0 Å². The zero-order valence-corrected chi connectivity index (χ0v) is 13.1. The Balaban J connectivity index is 2.64. The fraction of sp³-hybridized carbons (Fsp3) is 0.625. The van der Waals surface area contributed by atoms with Crippen molar-refractivity contribution in [3.63, 3.8) is 0 Å². The Morgan fingerprint density at radius 1 is 1.05 bits per heavy atom. The van der Waals surface area contributed by atoms with E-state index in [2.05, 4.69) is 4.90 Å². The van der Waals surface area contributed by atoms with Crippen LogP contribution in [0.25, 0.3) is 0 Å². The summed E-state index contributed by atoms with van der Waals surface area (Å²) in [6, 6.07) is 4.81. The predicted molar refractivity (Wildman–Crippen MR) is 82.6 cm³/mol. The van der Waals surface area contributed by atoms with Gasteiger partial charge in [0, 0.05) is 39.4 Å². The summed E-state index contributed by atoms with van der Waals surface area (Å²) in [6.07, 6.45) is 0. The summed E-state index contributed by atoms with van der Waals surface area (Å²) in [5.74, 6) is -0.241. The van der Waals surface area contributed by atoms with Crippen molar-refractivity contribution >= 4 is 0 Å². The molecule has 1 aromatic carbocycles. The minimum absolute atomic E-state index is 0.241. The third kappa shape index (κ3) is 7.00. The molecule has 0 amide bonds. The standard InChI is InChI=1S/C16H27FN2O2/c1-3-20-9-7-19(8-10-21-4-2)13-14-5-6-16(17)11-15(14)12-18/h5-6,11H,3-4,7-10,12-13,18H2,1-2H3. The maximum atomic E-state index is 13.3. The molecule has 1 aromatic rings. The van der Waals surface area contributed by atoms with Crippen molar-refractivity contribution in [2.75, 3.05) is 39.5 Å². The van der Waals surface area contributed by atoms with Crippen molar-refractivity contribution in [2.45, 2.75) is 26.9 Å². The summed E-state index contributed by atoms with van der Waals surface area (Å²) in [5.41, 5.74) is 7.62. The second-order valence-electron chi connectivity index (χ2n) is 4.79. The van der Waals surface area contributed by atoms with E-state index in [-0.39, 0.29) is 5.82 Å². The Morgan fingerprint density at radius 3 is 2.19 bits per heavy atom. The van der Waals surface area contributed by atoms with E-state index in [1.807, 2.05) is 19.9 Å². The molecule has 1 rings (SSSR count). The second kappa shape index (κ2) is 10.7. The highest BCUT2D eigenvalue weighted by Gasteiger charge is 2.10. The predicted octanol–water partition coefficient (Wildman–Crippen LogP) is 2.16. The van der Waals surface area contributed by atoms with Crippen LogP contribution in [0.5, 0.6) is 0 Å². The minimum atomic E-state index is -0.241. The van der Waals surface area contributed by atoms with Gasteiger partial charge in [-0.15, -0.1) is 0 Å². The van der Waals surface area contributed by atoms with Crippen molar-refractivity contribution in [3.05, 3.63) is 35.1 Å². The molecule has 0 spiro atoms. The Bertz CT molecular complexity index is 392. The molecule has 0 radical (unpaired) electrons. The normalized spacial score (nSPS) is 11.3. The first-order valence-corrected chi connectivity index (χ1v) is 7.56. The molecule has 0 atom stereocenters. The van der Waals surface area contributed by atoms with Crippen LogP contribution in [-0.4, -0.2) is 44.4 Å². The summed E-state index contributed by atoms with van der Waals surface area (Å²) in [5, 5.41) is 0. The van der Waals surface area contributed by atoms with Gasteiger partial charge in [0.05, 0.1) is 13.2 Å². The Kier molecular flexibility index (Phi) is 9.17. The number of hydrogen-bond donors (Lipinski definition) is 1. The van der Waals surface area contributed by atoms with Crippen molar-refractivity contribution in [1.29, 1.82) is 0 Å². The van der Waals surface area contributed by atoms with Crippen LogP contribution in [0.15, 0.2) is 18.2 Å². The maximum Gasteiger partial charge on any atom is 0.123 e. The molecule has 21 heavy (non-hydrogen) atoms. The van der Waals surface area contributed by atoms with E-state index in [4.69, 9.17) is 15.2 Å². The van der Waals surface area contributed by atoms with Crippen molar-refractivity contribution < 1.29 is 13.9 Å². The third-order valence-electron chi connectivity index (χ3n) is 3.29. The molecule has 0 fully saturated rings. The molecule has 5 heteroatoms. The number of hydrogen-bond acceptors (Lipinski definition) is 4. The van der Waals surface area contributed by atoms with Crippen LogP contribution in [0.3, 0.4) is 0 Å². The summed E-state index contributed by atoms with van der Waals surface area (Å²) < 4.78 is 24.1. The summed E-state index contributed by atoms with van der Waals surface area (Å²) >= 11 is 0. The lowest BCUT2D eigenvalue weighted by atomic mass is 10.1. The summed E-state index contributed by atoms with van der Waals surface area (Å²) in [6.45, 7) is 9.47. The first-order valence-electron chi connectivity index (χ1n) is 7.56. The van der Waals surface area contributed by atoms with Gasteiger partial charge in [-0.3, -0.25) is 4.90 Å². The number of halogens is 1. The van der Waals surface area contributed by atoms with E-state index in [0.29, 0.717) is 33.0 Å². The lowest BCUT2D eigenvalue weighted by Gasteiger charge is -2.23. The largest absolute Gasteiger partial charge is 0.380 e. The molecule has 0 unspecified atom stereocenters. The third-order valence-corrected chi connectivity index (χ3v) is 3.29. The highest BCUT2D eigenvalue weighted by molar-refractivity contribution is 5.27. The highest BCUT2D eigenvalue weighted by atomic mass is 19.1. The monoisotopic (exact) mass is 298 g/mol. The van der Waals surface area contributed by atoms with Gasteiger partial charge >= 0.3 is 0 Å². The molecule has 0 aromatic heterocycles. The van der Waals surface area contributed by atoms with Crippen LogP contribution >= 0.6 is 0 Å². The molecule has 0 aliphatic carbocycles. The topological polar surface area (TPSA) is 47.7 Å². The molecule has 0 saturated heterocycles. The van der Waals surface area contributed by atoms with Crippen molar-refractivity contribution in [1.82, 2.24) is 4.90 Å². The molecular formula is C16H27FN2O2. The average molecular weight is 298 g/mol. The number of ether oxygens (including phenoxy) is 2. The van der Waals surface area contributed by atoms with Crippen LogP contribution in [0.2, 0.25) is 0 Å². The smallest absolute Gasteiger partial charge is 0.123 e. The lowest BCUT2D eigenvalue weighted by molar-refractivity contribution is 0.0796. The molecule has 4 nitrogen and oxygen atoms in total. The van der Waals surface area contributed by atoms with Crippen LogP contribution in [0, 0.1) is 5.82 Å². The number of nitrogens with two attached hydrogens (primary N) is 1. The first kappa shape index (κ1) is 18.0. The van der Waals surface area contributed by atoms with Gasteiger partial charge in [-0.25, -0.2) is 4.39 Å². The quantitative estimate of drug-likeness (QED) is 0.636. The van der Waals surface area contributed by atoms with Gasteiger partial charge in [0.1, 0.15) is 5.82 Å². The second-order valence-corrected chi connectivity index (χ2v) is 4.79. The SMILES string of the molecule is CCOCCN(CCOCC)Cc1ccc(F)cc1CN. The van der Waals surface area contributed by atoms with Crippen LogP contribution in [-0.2, 0) is 22.6 Å². The molecule has 0 aliphatic heterocycles. The lowest BCUT2D eigenvalue weighted by Crippen LogP contribution is -2.31. The Hall–Kier alpha value is -1.01. The number of nitrogens with zero attached hydrogens (tertiary/aromatic N) is 1. The van der Waals surface area contributed by atoms with E-state index in [0.717, 1.165) is 30.8 Å². The minimum Gasteiger partial charge on any atom is -0.380 e. The van der Waals surface area contributed by atoms with Gasteiger partial charge in [0.25, 0.3) is 0 Å². The summed E-state index contributed by atoms with van der Waals surface area (Å²) in [4.78, 5) is 2.25. The fourth-order valence-electron chi connectivity index (χ4n) is 2.13. The van der Waals surface area contributed by atoms with Gasteiger partial charge in [-0.2, -0.15) is 0 Å². The zero-order valence-electron chi connectivity index (χ0n) is 13.1. The zero-order chi connectivity index (χ0) is 15.5. The van der Waals surface area contributed by atoms with Gasteiger partial charge in [0.2, 0.25) is 0 Å². The van der Waals surface area contributed by atoms with Crippen molar-refractivity contribution in [2.24, 2.45) is 5.73 Å². The molecule has 0 heterocycles.